The van der Waals surface area contributed by atoms with E-state index in [9.17, 15) is 14.7 Å². The van der Waals surface area contributed by atoms with Gasteiger partial charge in [0.2, 0.25) is 12.7 Å². The smallest absolute Gasteiger partial charge is 0.346 e. The van der Waals surface area contributed by atoms with Crippen molar-refractivity contribution in [3.05, 3.63) is 63.8 Å². The molecule has 0 saturated carbocycles. The molecule has 28 heavy (non-hydrogen) atoms. The number of ether oxygens (including phenoxy) is 2. The predicted octanol–water partition coefficient (Wildman–Crippen LogP) is 4.32. The number of hydrogen-bond acceptors (Lipinski definition) is 5. The van der Waals surface area contributed by atoms with E-state index >= 15 is 0 Å². The number of hydrogen-bond donors (Lipinski definition) is 2. The molecule has 7 heteroatoms. The zero-order valence-electron chi connectivity index (χ0n) is 14.6. The van der Waals surface area contributed by atoms with Gasteiger partial charge in [0.25, 0.3) is 0 Å². The van der Waals surface area contributed by atoms with Gasteiger partial charge in [-0.1, -0.05) is 36.4 Å². The first-order valence-corrected chi connectivity index (χ1v) is 9.58. The summed E-state index contributed by atoms with van der Waals surface area (Å²) in [7, 11) is 0. The van der Waals surface area contributed by atoms with Crippen molar-refractivity contribution in [1.29, 1.82) is 0 Å². The SMILES string of the molecule is O=C1C[C@H](c2ccc3c(c2)OCO3)c2sc(C(=O)O)c(-c3ccccc3)c2N1. The van der Waals surface area contributed by atoms with Crippen LogP contribution in [0.3, 0.4) is 0 Å². The Morgan fingerprint density at radius 2 is 1.89 bits per heavy atom. The van der Waals surface area contributed by atoms with E-state index in [-0.39, 0.29) is 29.9 Å². The fraction of sp³-hybridized carbons (Fsp3) is 0.143. The maximum Gasteiger partial charge on any atom is 0.346 e. The fourth-order valence-electron chi connectivity index (χ4n) is 3.72. The third kappa shape index (κ3) is 2.63. The number of thiophene rings is 1. The lowest BCUT2D eigenvalue weighted by Crippen LogP contribution is -2.22. The molecule has 2 aliphatic rings. The number of carboxylic acids is 1. The molecule has 0 radical (unpaired) electrons. The number of carbonyl (C=O) groups is 2. The van der Waals surface area contributed by atoms with Crippen LogP contribution in [0.4, 0.5) is 5.69 Å². The number of nitrogens with one attached hydrogen (secondary N) is 1. The first-order valence-electron chi connectivity index (χ1n) is 8.76. The summed E-state index contributed by atoms with van der Waals surface area (Å²) < 4.78 is 10.8. The van der Waals surface area contributed by atoms with Gasteiger partial charge < -0.3 is 19.9 Å². The Morgan fingerprint density at radius 3 is 2.68 bits per heavy atom. The monoisotopic (exact) mass is 393 g/mol. The molecule has 5 rings (SSSR count). The highest BCUT2D eigenvalue weighted by molar-refractivity contribution is 7.15. The Hall–Kier alpha value is -3.32. The van der Waals surface area contributed by atoms with Crippen molar-refractivity contribution >= 4 is 28.9 Å². The van der Waals surface area contributed by atoms with E-state index in [1.165, 1.54) is 11.3 Å². The molecule has 0 saturated heterocycles. The number of anilines is 1. The van der Waals surface area contributed by atoms with Crippen LogP contribution in [0.5, 0.6) is 11.5 Å². The first-order chi connectivity index (χ1) is 13.6. The molecule has 3 heterocycles. The molecule has 2 N–H and O–H groups in total. The number of carbonyl (C=O) groups excluding carboxylic acids is 1. The summed E-state index contributed by atoms with van der Waals surface area (Å²) in [4.78, 5) is 25.5. The first kappa shape index (κ1) is 16.8. The normalized spacial score (nSPS) is 17.1. The van der Waals surface area contributed by atoms with Gasteiger partial charge in [0.1, 0.15) is 4.88 Å². The Kier molecular flexibility index (Phi) is 3.84. The van der Waals surface area contributed by atoms with Gasteiger partial charge in [-0.3, -0.25) is 4.79 Å². The Balaban J connectivity index is 1.69. The molecule has 6 nitrogen and oxygen atoms in total. The maximum atomic E-state index is 12.5. The van der Waals surface area contributed by atoms with Crippen LogP contribution in [0.15, 0.2) is 48.5 Å². The van der Waals surface area contributed by atoms with Crippen LogP contribution in [0.25, 0.3) is 11.1 Å². The standard InChI is InChI=1S/C21H15NO5S/c23-16-9-13(12-6-7-14-15(8-12)27-10-26-14)19-18(22-16)17(20(28-19)21(24)25)11-4-2-1-3-5-11/h1-8,13H,9-10H2,(H,22,23)(H,24,25)/t13-/m1/s1. The van der Waals surface area contributed by atoms with Gasteiger partial charge in [0, 0.05) is 22.8 Å². The second-order valence-corrected chi connectivity index (χ2v) is 7.69. The van der Waals surface area contributed by atoms with Crippen LogP contribution >= 0.6 is 11.3 Å². The van der Waals surface area contributed by atoms with Crippen LogP contribution in [0, 0.1) is 0 Å². The average molecular weight is 393 g/mol. The average Bonchev–Trinajstić information content (AvgIpc) is 3.31. The summed E-state index contributed by atoms with van der Waals surface area (Å²) in [6.45, 7) is 0.176. The van der Waals surface area contributed by atoms with E-state index in [0.29, 0.717) is 22.7 Å². The van der Waals surface area contributed by atoms with Gasteiger partial charge in [0.05, 0.1) is 5.69 Å². The van der Waals surface area contributed by atoms with Gasteiger partial charge in [-0.15, -0.1) is 11.3 Å². The molecule has 3 aromatic rings. The number of aromatic carboxylic acids is 1. The van der Waals surface area contributed by atoms with Gasteiger partial charge in [-0.05, 0) is 23.3 Å². The number of rotatable bonds is 3. The lowest BCUT2D eigenvalue weighted by atomic mass is 9.88. The largest absolute Gasteiger partial charge is 0.477 e. The Bertz CT molecular complexity index is 1110. The van der Waals surface area contributed by atoms with E-state index in [2.05, 4.69) is 5.32 Å². The van der Waals surface area contributed by atoms with Crippen molar-refractivity contribution < 1.29 is 24.2 Å². The van der Waals surface area contributed by atoms with Crippen molar-refractivity contribution in [3.8, 4) is 22.6 Å². The van der Waals surface area contributed by atoms with Crippen LogP contribution in [0.2, 0.25) is 0 Å². The van der Waals surface area contributed by atoms with E-state index < -0.39 is 5.97 Å². The highest BCUT2D eigenvalue weighted by Crippen LogP contribution is 2.50. The minimum atomic E-state index is -1.00. The van der Waals surface area contributed by atoms with E-state index in [1.54, 1.807) is 0 Å². The topological polar surface area (TPSA) is 84.9 Å². The van der Waals surface area contributed by atoms with Crippen molar-refractivity contribution in [2.45, 2.75) is 12.3 Å². The van der Waals surface area contributed by atoms with Crippen molar-refractivity contribution in [3.63, 3.8) is 0 Å². The predicted molar refractivity (Wildman–Crippen MR) is 104 cm³/mol. The van der Waals surface area contributed by atoms with Gasteiger partial charge in [-0.25, -0.2) is 4.79 Å². The molecule has 0 bridgehead atoms. The molecule has 0 fully saturated rings. The third-order valence-corrected chi connectivity index (χ3v) is 6.25. The van der Waals surface area contributed by atoms with Crippen LogP contribution in [-0.4, -0.2) is 23.8 Å². The quantitative estimate of drug-likeness (QED) is 0.692. The molecule has 2 aliphatic heterocycles. The Morgan fingerprint density at radius 1 is 1.11 bits per heavy atom. The summed E-state index contributed by atoms with van der Waals surface area (Å²) in [5.41, 5.74) is 2.82. The number of fused-ring (bicyclic) bond motifs is 2. The van der Waals surface area contributed by atoms with Gasteiger partial charge in [-0.2, -0.15) is 0 Å². The van der Waals surface area contributed by atoms with Crippen LogP contribution < -0.4 is 14.8 Å². The highest BCUT2D eigenvalue weighted by atomic mass is 32.1. The third-order valence-electron chi connectivity index (χ3n) is 4.96. The molecule has 140 valence electrons. The molecule has 1 amide bonds. The second-order valence-electron chi connectivity index (χ2n) is 6.63. The minimum absolute atomic E-state index is 0.137. The summed E-state index contributed by atoms with van der Waals surface area (Å²) in [5.74, 6) is -0.0622. The number of benzene rings is 2. The highest BCUT2D eigenvalue weighted by Gasteiger charge is 2.35. The molecule has 1 atom stereocenters. The summed E-state index contributed by atoms with van der Waals surface area (Å²) >= 11 is 1.22. The zero-order chi connectivity index (χ0) is 19.3. The minimum Gasteiger partial charge on any atom is -0.477 e. The molecule has 0 spiro atoms. The molecule has 2 aromatic carbocycles. The lowest BCUT2D eigenvalue weighted by Gasteiger charge is -2.24. The van der Waals surface area contributed by atoms with Crippen LogP contribution in [0.1, 0.15) is 32.5 Å². The summed E-state index contributed by atoms with van der Waals surface area (Å²) in [6.07, 6.45) is 0.250. The molecule has 0 unspecified atom stereocenters. The molecule has 0 aliphatic carbocycles. The van der Waals surface area contributed by atoms with Crippen molar-refractivity contribution in [2.24, 2.45) is 0 Å². The lowest BCUT2D eigenvalue weighted by molar-refractivity contribution is -0.116. The molecular weight excluding hydrogens is 378 g/mol. The van der Waals surface area contributed by atoms with Crippen LogP contribution in [-0.2, 0) is 4.79 Å². The summed E-state index contributed by atoms with van der Waals surface area (Å²) in [6, 6.07) is 14.9. The second kappa shape index (κ2) is 6.38. The Labute approximate surface area is 164 Å². The van der Waals surface area contributed by atoms with Gasteiger partial charge in [0.15, 0.2) is 11.5 Å². The molecule has 1 aromatic heterocycles. The van der Waals surface area contributed by atoms with Crippen molar-refractivity contribution in [2.75, 3.05) is 12.1 Å². The fourth-order valence-corrected chi connectivity index (χ4v) is 4.96. The van der Waals surface area contributed by atoms with E-state index in [1.807, 2.05) is 48.5 Å². The van der Waals surface area contributed by atoms with Gasteiger partial charge >= 0.3 is 5.97 Å². The summed E-state index contributed by atoms with van der Waals surface area (Å²) in [5, 5.41) is 12.7. The number of amides is 1. The van der Waals surface area contributed by atoms with E-state index in [0.717, 1.165) is 16.0 Å². The zero-order valence-corrected chi connectivity index (χ0v) is 15.4. The number of carboxylic acid groups (broad SMARTS) is 1. The molecular formula is C21H15NO5S. The van der Waals surface area contributed by atoms with Crippen molar-refractivity contribution in [1.82, 2.24) is 0 Å². The van der Waals surface area contributed by atoms with E-state index in [4.69, 9.17) is 9.47 Å². The maximum absolute atomic E-state index is 12.5.